The van der Waals surface area contributed by atoms with Crippen molar-refractivity contribution in [2.45, 2.75) is 19.0 Å². The van der Waals surface area contributed by atoms with Gasteiger partial charge in [-0.3, -0.25) is 9.78 Å². The average Bonchev–Trinajstić information content (AvgIpc) is 3.19. The summed E-state index contributed by atoms with van der Waals surface area (Å²) in [6, 6.07) is 12.8. The molecule has 3 amide bonds. The molecule has 3 N–H and O–H groups in total. The lowest BCUT2D eigenvalue weighted by Gasteiger charge is -2.37. The summed E-state index contributed by atoms with van der Waals surface area (Å²) >= 11 is 0. The number of hydrogen-bond acceptors (Lipinski definition) is 5. The number of benzene rings is 1. The zero-order valence-corrected chi connectivity index (χ0v) is 18.6. The number of aromatic nitrogens is 1. The highest BCUT2D eigenvalue weighted by atomic mass is 19.4. The molecule has 2 aliphatic rings. The smallest absolute Gasteiger partial charge is 0.475 e. The molecule has 2 fully saturated rings. The topological polar surface area (TPSA) is 121 Å². The van der Waals surface area contributed by atoms with Gasteiger partial charge in [-0.1, -0.05) is 18.2 Å². The van der Waals surface area contributed by atoms with Crippen molar-refractivity contribution in [1.29, 1.82) is 0 Å². The Labute approximate surface area is 199 Å². The quantitative estimate of drug-likeness (QED) is 0.600. The summed E-state index contributed by atoms with van der Waals surface area (Å²) in [4.78, 5) is 40.6. The van der Waals surface area contributed by atoms with Crippen LogP contribution in [-0.2, 0) is 14.3 Å². The molecule has 1 spiro atoms. The van der Waals surface area contributed by atoms with E-state index in [0.717, 1.165) is 18.5 Å². The fourth-order valence-electron chi connectivity index (χ4n) is 4.16. The third-order valence-corrected chi connectivity index (χ3v) is 5.94. The second kappa shape index (κ2) is 11.2. The minimum atomic E-state index is -5.08. The van der Waals surface area contributed by atoms with Gasteiger partial charge in [0.25, 0.3) is 0 Å². The molecule has 2 saturated heterocycles. The fourth-order valence-corrected chi connectivity index (χ4v) is 4.16. The van der Waals surface area contributed by atoms with Gasteiger partial charge in [-0.25, -0.2) is 9.59 Å². The molecular formula is C23H25F3N4O5. The van der Waals surface area contributed by atoms with E-state index in [9.17, 15) is 22.8 Å². The van der Waals surface area contributed by atoms with E-state index in [1.54, 1.807) is 23.4 Å². The first-order valence-electron chi connectivity index (χ1n) is 10.8. The first-order chi connectivity index (χ1) is 16.6. The molecular weight excluding hydrogens is 469 g/mol. The number of amides is 3. The van der Waals surface area contributed by atoms with Crippen LogP contribution in [0.3, 0.4) is 0 Å². The van der Waals surface area contributed by atoms with E-state index >= 15 is 0 Å². The van der Waals surface area contributed by atoms with E-state index < -0.39 is 12.1 Å². The van der Waals surface area contributed by atoms with Gasteiger partial charge in [0.2, 0.25) is 5.91 Å². The third kappa shape index (κ3) is 6.92. The third-order valence-electron chi connectivity index (χ3n) is 5.94. The second-order valence-electron chi connectivity index (χ2n) is 8.24. The van der Waals surface area contributed by atoms with Crippen LogP contribution in [0.4, 0.5) is 29.3 Å². The van der Waals surface area contributed by atoms with E-state index in [-0.39, 0.29) is 23.3 Å². The van der Waals surface area contributed by atoms with Gasteiger partial charge < -0.3 is 25.4 Å². The van der Waals surface area contributed by atoms with Gasteiger partial charge in [0, 0.05) is 43.6 Å². The van der Waals surface area contributed by atoms with Gasteiger partial charge in [-0.15, -0.1) is 0 Å². The Morgan fingerprint density at radius 2 is 1.66 bits per heavy atom. The van der Waals surface area contributed by atoms with E-state index in [1.165, 1.54) is 0 Å². The van der Waals surface area contributed by atoms with Crippen LogP contribution in [0, 0.1) is 11.3 Å². The van der Waals surface area contributed by atoms with Crippen LogP contribution in [0.1, 0.15) is 12.8 Å². The van der Waals surface area contributed by atoms with Gasteiger partial charge in [-0.05, 0) is 37.1 Å². The minimum absolute atomic E-state index is 0.0649. The molecule has 0 bridgehead atoms. The Morgan fingerprint density at radius 1 is 1.03 bits per heavy atom. The monoisotopic (exact) mass is 494 g/mol. The van der Waals surface area contributed by atoms with Crippen LogP contribution >= 0.6 is 0 Å². The zero-order valence-electron chi connectivity index (χ0n) is 18.6. The number of pyridine rings is 1. The molecule has 1 unspecified atom stereocenters. The molecule has 0 radical (unpaired) electrons. The van der Waals surface area contributed by atoms with Crippen molar-refractivity contribution < 1.29 is 37.4 Å². The minimum Gasteiger partial charge on any atom is -0.475 e. The number of carboxylic acids is 1. The molecule has 35 heavy (non-hydrogen) atoms. The van der Waals surface area contributed by atoms with Crippen LogP contribution in [0.2, 0.25) is 0 Å². The summed E-state index contributed by atoms with van der Waals surface area (Å²) in [5.74, 6) is -3.10. The Balaban J connectivity index is 0.000000429. The van der Waals surface area contributed by atoms with Crippen molar-refractivity contribution in [2.75, 3.05) is 36.9 Å². The lowest BCUT2D eigenvalue weighted by Crippen LogP contribution is -2.42. The maximum atomic E-state index is 13.1. The highest BCUT2D eigenvalue weighted by Crippen LogP contribution is 2.45. The summed E-state index contributed by atoms with van der Waals surface area (Å²) < 4.78 is 37.3. The summed E-state index contributed by atoms with van der Waals surface area (Å²) in [7, 11) is 0. The molecule has 1 aromatic carbocycles. The number of ether oxygens (including phenoxy) is 1. The lowest BCUT2D eigenvalue weighted by atomic mass is 9.71. The number of hydrogen-bond donors (Lipinski definition) is 3. The van der Waals surface area contributed by atoms with E-state index in [1.807, 2.05) is 36.4 Å². The standard InChI is InChI=1S/C21H24N4O3.C2HF3O2/c26-19(23-17-7-4-10-22-13-17)18-14-25(15-21(18)8-11-28-12-9-21)20(27)24-16-5-2-1-3-6-16;3-2(4,5)1(6)7/h1-7,10,13,18H,8-9,11-12,14-15H2,(H,23,26)(H,24,27);(H,6,7). The van der Waals surface area contributed by atoms with Crippen molar-refractivity contribution >= 4 is 29.3 Å². The maximum Gasteiger partial charge on any atom is 0.490 e. The van der Waals surface area contributed by atoms with Gasteiger partial charge in [0.05, 0.1) is 17.8 Å². The van der Waals surface area contributed by atoms with Crippen molar-refractivity contribution in [2.24, 2.45) is 11.3 Å². The lowest BCUT2D eigenvalue weighted by molar-refractivity contribution is -0.192. The molecule has 1 atom stereocenters. The predicted octanol–water partition coefficient (Wildman–Crippen LogP) is 3.61. The van der Waals surface area contributed by atoms with Gasteiger partial charge in [0.1, 0.15) is 0 Å². The highest BCUT2D eigenvalue weighted by Gasteiger charge is 2.51. The van der Waals surface area contributed by atoms with Crippen LogP contribution < -0.4 is 10.6 Å². The van der Waals surface area contributed by atoms with Crippen LogP contribution in [0.15, 0.2) is 54.9 Å². The van der Waals surface area contributed by atoms with Crippen LogP contribution in [0.25, 0.3) is 0 Å². The number of nitrogens with zero attached hydrogens (tertiary/aromatic N) is 2. The van der Waals surface area contributed by atoms with Crippen molar-refractivity contribution in [3.63, 3.8) is 0 Å². The van der Waals surface area contributed by atoms with Crippen molar-refractivity contribution in [3.8, 4) is 0 Å². The van der Waals surface area contributed by atoms with Crippen LogP contribution in [-0.4, -0.2) is 65.4 Å². The number of carbonyl (C=O) groups is 3. The summed E-state index contributed by atoms with van der Waals surface area (Å²) in [5.41, 5.74) is 1.16. The number of likely N-dealkylation sites (tertiary alicyclic amines) is 1. The number of anilines is 2. The summed E-state index contributed by atoms with van der Waals surface area (Å²) in [6.07, 6.45) is -0.245. The number of alkyl halides is 3. The van der Waals surface area contributed by atoms with Crippen LogP contribution in [0.5, 0.6) is 0 Å². The van der Waals surface area contributed by atoms with Gasteiger partial charge in [0.15, 0.2) is 0 Å². The Morgan fingerprint density at radius 3 is 2.23 bits per heavy atom. The fraction of sp³-hybridized carbons (Fsp3) is 0.391. The summed E-state index contributed by atoms with van der Waals surface area (Å²) in [6.45, 7) is 2.18. The number of para-hydroxylation sites is 1. The Kier molecular flexibility index (Phi) is 8.28. The Bertz CT molecular complexity index is 1010. The number of urea groups is 1. The molecule has 9 nitrogen and oxygen atoms in total. The highest BCUT2D eigenvalue weighted by molar-refractivity contribution is 5.95. The SMILES string of the molecule is O=C(Nc1cccnc1)C1CN(C(=O)Nc2ccccc2)CC12CCOCC2.O=C(O)C(F)(F)F. The predicted molar refractivity (Wildman–Crippen MR) is 120 cm³/mol. The van der Waals surface area contributed by atoms with Crippen molar-refractivity contribution in [3.05, 3.63) is 54.9 Å². The van der Waals surface area contributed by atoms with Gasteiger partial charge in [-0.2, -0.15) is 13.2 Å². The molecule has 12 heteroatoms. The average molecular weight is 494 g/mol. The summed E-state index contributed by atoms with van der Waals surface area (Å²) in [5, 5.41) is 13.0. The normalized spacial score (nSPS) is 18.8. The second-order valence-corrected chi connectivity index (χ2v) is 8.24. The molecule has 2 aromatic rings. The van der Waals surface area contributed by atoms with Gasteiger partial charge >= 0.3 is 18.2 Å². The zero-order chi connectivity index (χ0) is 25.5. The van der Waals surface area contributed by atoms with E-state index in [2.05, 4.69) is 15.6 Å². The molecule has 188 valence electrons. The first-order valence-corrected chi connectivity index (χ1v) is 10.8. The Hall–Kier alpha value is -3.67. The number of aliphatic carboxylic acids is 1. The molecule has 1 aromatic heterocycles. The largest absolute Gasteiger partial charge is 0.490 e. The number of halogens is 3. The number of carbonyl (C=O) groups excluding carboxylic acids is 2. The van der Waals surface area contributed by atoms with E-state index in [0.29, 0.717) is 32.0 Å². The van der Waals surface area contributed by atoms with E-state index in [4.69, 9.17) is 14.6 Å². The molecule has 3 heterocycles. The maximum absolute atomic E-state index is 13.1. The molecule has 2 aliphatic heterocycles. The number of nitrogens with one attached hydrogen (secondary N) is 2. The number of carboxylic acid groups (broad SMARTS) is 1. The molecule has 4 rings (SSSR count). The first kappa shape index (κ1) is 25.9. The number of rotatable bonds is 3. The molecule has 0 aliphatic carbocycles. The van der Waals surface area contributed by atoms with Crippen molar-refractivity contribution in [1.82, 2.24) is 9.88 Å². The molecule has 0 saturated carbocycles.